The van der Waals surface area contributed by atoms with Crippen molar-refractivity contribution in [1.82, 2.24) is 10.3 Å². The van der Waals surface area contributed by atoms with Crippen molar-refractivity contribution in [1.29, 1.82) is 0 Å². The van der Waals surface area contributed by atoms with Crippen LogP contribution in [0.2, 0.25) is 0 Å². The Morgan fingerprint density at radius 1 is 1.30 bits per heavy atom. The molecule has 6 heteroatoms. The largest absolute Gasteiger partial charge is 0.397 e. The third-order valence-electron chi connectivity index (χ3n) is 3.40. The van der Waals surface area contributed by atoms with Gasteiger partial charge in [0.15, 0.2) is 0 Å². The molecule has 1 aliphatic heterocycles. The Labute approximate surface area is 115 Å². The molecule has 1 aromatic heterocycles. The first-order chi connectivity index (χ1) is 9.65. The monoisotopic (exact) mass is 270 g/mol. The Hall–Kier alpha value is -2.63. The third-order valence-corrected chi connectivity index (χ3v) is 3.40. The van der Waals surface area contributed by atoms with Crippen molar-refractivity contribution in [2.45, 2.75) is 18.9 Å². The molecule has 0 bridgehead atoms. The number of nitrogens with one attached hydrogen (secondary N) is 2. The number of carbonyl (C=O) groups excluding carboxylic acids is 2. The van der Waals surface area contributed by atoms with E-state index in [0.29, 0.717) is 24.2 Å². The van der Waals surface area contributed by atoms with Crippen LogP contribution < -0.4 is 16.4 Å². The summed E-state index contributed by atoms with van der Waals surface area (Å²) in [5.74, 6) is -0.546. The Morgan fingerprint density at radius 2 is 2.15 bits per heavy atom. The maximum atomic E-state index is 11.7. The van der Waals surface area contributed by atoms with Gasteiger partial charge in [0.25, 0.3) is 0 Å². The van der Waals surface area contributed by atoms with Gasteiger partial charge in [0.05, 0.1) is 16.9 Å². The molecule has 20 heavy (non-hydrogen) atoms. The van der Waals surface area contributed by atoms with Gasteiger partial charge in [-0.2, -0.15) is 0 Å². The fourth-order valence-electron chi connectivity index (χ4n) is 2.32. The number of anilines is 2. The molecular formula is C14H14N4O2. The van der Waals surface area contributed by atoms with Crippen molar-refractivity contribution in [2.24, 2.45) is 0 Å². The quantitative estimate of drug-likeness (QED) is 0.559. The molecule has 1 fully saturated rings. The van der Waals surface area contributed by atoms with Crippen LogP contribution >= 0.6 is 0 Å². The molecule has 1 atom stereocenters. The zero-order chi connectivity index (χ0) is 14.1. The molecule has 2 aromatic rings. The second-order valence-corrected chi connectivity index (χ2v) is 4.74. The molecule has 1 unspecified atom stereocenters. The summed E-state index contributed by atoms with van der Waals surface area (Å²) in [7, 11) is 0. The van der Waals surface area contributed by atoms with Crippen LogP contribution in [-0.4, -0.2) is 22.8 Å². The second kappa shape index (κ2) is 4.80. The SMILES string of the molecule is Nc1c(NC2CCC(=O)NC2=O)ccc2ncccc12. The molecule has 2 amide bonds. The van der Waals surface area contributed by atoms with E-state index in [4.69, 9.17) is 5.73 Å². The van der Waals surface area contributed by atoms with E-state index in [9.17, 15) is 9.59 Å². The summed E-state index contributed by atoms with van der Waals surface area (Å²) in [4.78, 5) is 27.1. The lowest BCUT2D eigenvalue weighted by Gasteiger charge is -2.23. The fraction of sp³-hybridized carbons (Fsp3) is 0.214. The topological polar surface area (TPSA) is 97.1 Å². The zero-order valence-corrected chi connectivity index (χ0v) is 10.7. The molecule has 4 N–H and O–H groups in total. The summed E-state index contributed by atoms with van der Waals surface area (Å²) in [6.07, 6.45) is 2.50. The molecular weight excluding hydrogens is 256 g/mol. The van der Waals surface area contributed by atoms with E-state index in [2.05, 4.69) is 15.6 Å². The Morgan fingerprint density at radius 3 is 2.95 bits per heavy atom. The number of pyridine rings is 1. The van der Waals surface area contributed by atoms with E-state index in [1.165, 1.54) is 0 Å². The van der Waals surface area contributed by atoms with Crippen molar-refractivity contribution in [2.75, 3.05) is 11.1 Å². The summed E-state index contributed by atoms with van der Waals surface area (Å²) < 4.78 is 0. The molecule has 1 aromatic carbocycles. The summed E-state index contributed by atoms with van der Waals surface area (Å²) >= 11 is 0. The number of rotatable bonds is 2. The number of nitrogen functional groups attached to an aromatic ring is 1. The Balaban J connectivity index is 1.89. The van der Waals surface area contributed by atoms with E-state index in [0.717, 1.165) is 10.9 Å². The minimum Gasteiger partial charge on any atom is -0.397 e. The van der Waals surface area contributed by atoms with Crippen LogP contribution in [0.25, 0.3) is 10.9 Å². The molecule has 3 rings (SSSR count). The number of carbonyl (C=O) groups is 2. The number of hydrogen-bond donors (Lipinski definition) is 3. The number of hydrogen-bond acceptors (Lipinski definition) is 5. The van der Waals surface area contributed by atoms with Gasteiger partial charge in [0.2, 0.25) is 11.8 Å². The lowest BCUT2D eigenvalue weighted by Crippen LogP contribution is -2.47. The number of benzene rings is 1. The molecule has 0 saturated carbocycles. The summed E-state index contributed by atoms with van der Waals surface area (Å²) in [5, 5.41) is 6.25. The van der Waals surface area contributed by atoms with Crippen LogP contribution in [0.15, 0.2) is 30.5 Å². The molecule has 0 radical (unpaired) electrons. The Kier molecular flexibility index (Phi) is 2.98. The number of piperidine rings is 1. The standard InChI is InChI=1S/C14H14N4O2/c15-13-8-2-1-7-16-9(8)3-4-10(13)17-11-5-6-12(19)18-14(11)20/h1-4,7,11,17H,5-6,15H2,(H,18,19,20). The van der Waals surface area contributed by atoms with Crippen molar-refractivity contribution < 1.29 is 9.59 Å². The van der Waals surface area contributed by atoms with Gasteiger partial charge >= 0.3 is 0 Å². The smallest absolute Gasteiger partial charge is 0.249 e. The lowest BCUT2D eigenvalue weighted by molar-refractivity contribution is -0.133. The maximum absolute atomic E-state index is 11.7. The number of fused-ring (bicyclic) bond motifs is 1. The molecule has 0 aliphatic carbocycles. The van der Waals surface area contributed by atoms with Crippen LogP contribution in [0.3, 0.4) is 0 Å². The number of nitrogens with zero attached hydrogens (tertiary/aromatic N) is 1. The highest BCUT2D eigenvalue weighted by Crippen LogP contribution is 2.28. The molecule has 6 nitrogen and oxygen atoms in total. The third kappa shape index (κ3) is 2.16. The van der Waals surface area contributed by atoms with Gasteiger partial charge in [-0.15, -0.1) is 0 Å². The van der Waals surface area contributed by atoms with Crippen LogP contribution in [0, 0.1) is 0 Å². The molecule has 1 aliphatic rings. The molecule has 1 saturated heterocycles. The first-order valence-corrected chi connectivity index (χ1v) is 6.38. The van der Waals surface area contributed by atoms with Gasteiger partial charge in [-0.25, -0.2) is 0 Å². The average molecular weight is 270 g/mol. The van der Waals surface area contributed by atoms with Crippen LogP contribution in [0.5, 0.6) is 0 Å². The van der Waals surface area contributed by atoms with Crippen molar-refractivity contribution >= 4 is 34.1 Å². The first kappa shape index (κ1) is 12.4. The second-order valence-electron chi connectivity index (χ2n) is 4.74. The minimum atomic E-state index is -0.441. The van der Waals surface area contributed by atoms with Crippen molar-refractivity contribution in [3.05, 3.63) is 30.5 Å². The molecule has 0 spiro atoms. The van der Waals surface area contributed by atoms with Gasteiger partial charge in [0.1, 0.15) is 6.04 Å². The van der Waals surface area contributed by atoms with Crippen LogP contribution in [-0.2, 0) is 9.59 Å². The predicted molar refractivity (Wildman–Crippen MR) is 75.9 cm³/mol. The van der Waals surface area contributed by atoms with Gasteiger partial charge in [0, 0.05) is 18.0 Å². The number of aromatic nitrogens is 1. The van der Waals surface area contributed by atoms with E-state index in [1.54, 1.807) is 12.3 Å². The van der Waals surface area contributed by atoms with Gasteiger partial charge in [-0.3, -0.25) is 19.9 Å². The van der Waals surface area contributed by atoms with Gasteiger partial charge < -0.3 is 11.1 Å². The number of nitrogens with two attached hydrogens (primary N) is 1. The van der Waals surface area contributed by atoms with Crippen molar-refractivity contribution in [3.8, 4) is 0 Å². The highest BCUT2D eigenvalue weighted by atomic mass is 16.2. The number of amides is 2. The normalized spacial score (nSPS) is 18.9. The van der Waals surface area contributed by atoms with Gasteiger partial charge in [-0.05, 0) is 30.7 Å². The summed E-state index contributed by atoms with van der Waals surface area (Å²) in [5.41, 5.74) is 8.15. The zero-order valence-electron chi connectivity index (χ0n) is 10.7. The average Bonchev–Trinajstić information content (AvgIpc) is 2.45. The van der Waals surface area contributed by atoms with Gasteiger partial charge in [-0.1, -0.05) is 0 Å². The minimum absolute atomic E-state index is 0.233. The van der Waals surface area contributed by atoms with E-state index < -0.39 is 6.04 Å². The first-order valence-electron chi connectivity index (χ1n) is 6.38. The fourth-order valence-corrected chi connectivity index (χ4v) is 2.32. The molecule has 2 heterocycles. The van der Waals surface area contributed by atoms with Crippen LogP contribution in [0.1, 0.15) is 12.8 Å². The van der Waals surface area contributed by atoms with Crippen molar-refractivity contribution in [3.63, 3.8) is 0 Å². The van der Waals surface area contributed by atoms with E-state index in [1.807, 2.05) is 18.2 Å². The Bertz CT molecular complexity index is 699. The maximum Gasteiger partial charge on any atom is 0.249 e. The highest BCUT2D eigenvalue weighted by molar-refractivity contribution is 6.03. The van der Waals surface area contributed by atoms with E-state index in [-0.39, 0.29) is 11.8 Å². The predicted octanol–water partition coefficient (Wildman–Crippen LogP) is 1.03. The van der Waals surface area contributed by atoms with Crippen LogP contribution in [0.4, 0.5) is 11.4 Å². The van der Waals surface area contributed by atoms with E-state index >= 15 is 0 Å². The lowest BCUT2D eigenvalue weighted by atomic mass is 10.0. The number of imide groups is 1. The summed E-state index contributed by atoms with van der Waals surface area (Å²) in [6, 6.07) is 6.90. The molecule has 102 valence electrons. The highest BCUT2D eigenvalue weighted by Gasteiger charge is 2.26. The summed E-state index contributed by atoms with van der Waals surface area (Å²) in [6.45, 7) is 0.